The Hall–Kier alpha value is -4.05. The Morgan fingerprint density at radius 1 is 0.528 bits per heavy atom. The summed E-state index contributed by atoms with van der Waals surface area (Å²) in [4.78, 5) is 10.3. The molecule has 36 heavy (non-hydrogen) atoms. The minimum atomic E-state index is 0.709. The summed E-state index contributed by atoms with van der Waals surface area (Å²) in [7, 11) is 0. The number of halogens is 1. The third-order valence-electron chi connectivity index (χ3n) is 6.60. The Kier molecular flexibility index (Phi) is 5.05. The zero-order valence-electron chi connectivity index (χ0n) is 19.2. The van der Waals surface area contributed by atoms with Crippen LogP contribution < -0.4 is 0 Å². The number of hydrogen-bond acceptors (Lipinski definition) is 3. The predicted octanol–water partition coefficient (Wildman–Crippen LogP) is 9.65. The van der Waals surface area contributed by atoms with Crippen LogP contribution in [0.25, 0.3) is 64.8 Å². The van der Waals surface area contributed by atoms with E-state index in [9.17, 15) is 0 Å². The van der Waals surface area contributed by atoms with Crippen molar-refractivity contribution in [2.24, 2.45) is 0 Å². The van der Waals surface area contributed by atoms with E-state index >= 15 is 0 Å². The molecule has 0 spiro atoms. The maximum atomic E-state index is 6.53. The summed E-state index contributed by atoms with van der Waals surface area (Å²) in [5, 5.41) is 3.94. The molecule has 0 aliphatic rings. The molecule has 0 saturated carbocycles. The predicted molar refractivity (Wildman–Crippen MR) is 154 cm³/mol. The van der Waals surface area contributed by atoms with E-state index in [1.54, 1.807) is 11.3 Å². The van der Waals surface area contributed by atoms with Crippen LogP contribution >= 0.6 is 22.9 Å². The van der Waals surface area contributed by atoms with E-state index in [1.807, 2.05) is 36.4 Å². The highest BCUT2D eigenvalue weighted by Crippen LogP contribution is 2.41. The number of benzene rings is 5. The molecule has 7 aromatic rings. The highest BCUT2D eigenvalue weighted by Gasteiger charge is 2.18. The summed E-state index contributed by atoms with van der Waals surface area (Å²) in [6.07, 6.45) is 0. The van der Waals surface area contributed by atoms with Gasteiger partial charge in [-0.15, -0.1) is 11.3 Å². The van der Waals surface area contributed by atoms with Crippen LogP contribution in [0.4, 0.5) is 0 Å². The second kappa shape index (κ2) is 8.56. The number of rotatable bonds is 3. The number of aromatic nitrogens is 2. The SMILES string of the molecule is Clc1ccc(-c2nc(-c3ccc(-c4ccccc4)cc3)c3sc4ccccc4c3n2)c2ccccc12. The molecule has 0 atom stereocenters. The van der Waals surface area contributed by atoms with Gasteiger partial charge in [-0.3, -0.25) is 0 Å². The zero-order valence-corrected chi connectivity index (χ0v) is 20.7. The van der Waals surface area contributed by atoms with Gasteiger partial charge in [0.05, 0.1) is 15.9 Å². The van der Waals surface area contributed by atoms with Gasteiger partial charge in [0.15, 0.2) is 5.82 Å². The van der Waals surface area contributed by atoms with Crippen LogP contribution in [0, 0.1) is 0 Å². The molecule has 0 saturated heterocycles. The van der Waals surface area contributed by atoms with Crippen LogP contribution in [0.2, 0.25) is 5.02 Å². The van der Waals surface area contributed by atoms with E-state index in [-0.39, 0.29) is 0 Å². The molecule has 0 radical (unpaired) electrons. The summed E-state index contributed by atoms with van der Waals surface area (Å²) in [6, 6.07) is 39.7. The molecule has 0 aliphatic carbocycles. The average Bonchev–Trinajstić information content (AvgIpc) is 3.32. The van der Waals surface area contributed by atoms with Gasteiger partial charge in [0.2, 0.25) is 0 Å². The molecule has 7 rings (SSSR count). The first-order valence-electron chi connectivity index (χ1n) is 11.8. The van der Waals surface area contributed by atoms with E-state index in [0.717, 1.165) is 48.2 Å². The van der Waals surface area contributed by atoms with Crippen LogP contribution in [0.1, 0.15) is 0 Å². The zero-order chi connectivity index (χ0) is 24.1. The molecule has 0 N–H and O–H groups in total. The van der Waals surface area contributed by atoms with Crippen LogP contribution in [0.5, 0.6) is 0 Å². The van der Waals surface area contributed by atoms with Crippen molar-refractivity contribution in [1.29, 1.82) is 0 Å². The minimum absolute atomic E-state index is 0.709. The summed E-state index contributed by atoms with van der Waals surface area (Å²) >= 11 is 8.27. The Labute approximate surface area is 217 Å². The molecule has 170 valence electrons. The first-order valence-corrected chi connectivity index (χ1v) is 13.0. The van der Waals surface area contributed by atoms with Gasteiger partial charge < -0.3 is 0 Å². The van der Waals surface area contributed by atoms with E-state index in [1.165, 1.54) is 15.8 Å². The van der Waals surface area contributed by atoms with E-state index in [4.69, 9.17) is 21.6 Å². The number of hydrogen-bond donors (Lipinski definition) is 0. The van der Waals surface area contributed by atoms with Crippen molar-refractivity contribution in [2.75, 3.05) is 0 Å². The maximum Gasteiger partial charge on any atom is 0.161 e. The lowest BCUT2D eigenvalue weighted by molar-refractivity contribution is 1.24. The van der Waals surface area contributed by atoms with Crippen molar-refractivity contribution in [3.05, 3.63) is 120 Å². The van der Waals surface area contributed by atoms with Crippen molar-refractivity contribution in [1.82, 2.24) is 9.97 Å². The van der Waals surface area contributed by atoms with Crippen molar-refractivity contribution in [3.63, 3.8) is 0 Å². The number of fused-ring (bicyclic) bond motifs is 4. The summed E-state index contributed by atoms with van der Waals surface area (Å²) in [5.41, 5.74) is 6.39. The van der Waals surface area contributed by atoms with Crippen LogP contribution in [-0.4, -0.2) is 9.97 Å². The normalized spacial score (nSPS) is 11.5. The molecule has 2 nitrogen and oxygen atoms in total. The lowest BCUT2D eigenvalue weighted by Crippen LogP contribution is -1.94. The summed E-state index contributed by atoms with van der Waals surface area (Å²) in [5.74, 6) is 0.709. The quantitative estimate of drug-likeness (QED) is 0.242. The van der Waals surface area contributed by atoms with Gasteiger partial charge in [0, 0.05) is 31.6 Å². The van der Waals surface area contributed by atoms with Gasteiger partial charge in [-0.25, -0.2) is 9.97 Å². The fourth-order valence-corrected chi connectivity index (χ4v) is 6.20. The first kappa shape index (κ1) is 21.3. The fraction of sp³-hybridized carbons (Fsp3) is 0. The molecule has 0 aliphatic heterocycles. The van der Waals surface area contributed by atoms with Crippen molar-refractivity contribution >= 4 is 54.0 Å². The van der Waals surface area contributed by atoms with Gasteiger partial charge in [0.25, 0.3) is 0 Å². The highest BCUT2D eigenvalue weighted by molar-refractivity contribution is 7.26. The number of nitrogens with zero attached hydrogens (tertiary/aromatic N) is 2. The molecular formula is C32H19ClN2S. The molecule has 0 unspecified atom stereocenters. The Balaban J connectivity index is 1.49. The van der Waals surface area contributed by atoms with Crippen molar-refractivity contribution in [2.45, 2.75) is 0 Å². The Morgan fingerprint density at radius 3 is 1.97 bits per heavy atom. The fourth-order valence-electron chi connectivity index (χ4n) is 4.82. The monoisotopic (exact) mass is 498 g/mol. The van der Waals surface area contributed by atoms with Crippen LogP contribution in [0.15, 0.2) is 115 Å². The highest BCUT2D eigenvalue weighted by atomic mass is 35.5. The van der Waals surface area contributed by atoms with Crippen molar-refractivity contribution in [3.8, 4) is 33.8 Å². The van der Waals surface area contributed by atoms with Crippen molar-refractivity contribution < 1.29 is 0 Å². The molecule has 0 amide bonds. The molecular weight excluding hydrogens is 480 g/mol. The van der Waals surface area contributed by atoms with E-state index < -0.39 is 0 Å². The van der Waals surface area contributed by atoms with Gasteiger partial charge in [-0.2, -0.15) is 0 Å². The molecule has 0 fully saturated rings. The van der Waals surface area contributed by atoms with Gasteiger partial charge in [-0.1, -0.05) is 109 Å². The van der Waals surface area contributed by atoms with Gasteiger partial charge in [-0.05, 0) is 34.7 Å². The average molecular weight is 499 g/mol. The second-order valence-electron chi connectivity index (χ2n) is 8.76. The Morgan fingerprint density at radius 2 is 1.17 bits per heavy atom. The van der Waals surface area contributed by atoms with Crippen LogP contribution in [-0.2, 0) is 0 Å². The third kappa shape index (κ3) is 3.48. The van der Waals surface area contributed by atoms with E-state index in [2.05, 4.69) is 78.9 Å². The minimum Gasteiger partial charge on any atom is -0.226 e. The maximum absolute atomic E-state index is 6.53. The third-order valence-corrected chi connectivity index (χ3v) is 8.09. The van der Waals surface area contributed by atoms with Gasteiger partial charge >= 0.3 is 0 Å². The molecule has 2 aromatic heterocycles. The summed E-state index contributed by atoms with van der Waals surface area (Å²) < 4.78 is 2.31. The second-order valence-corrected chi connectivity index (χ2v) is 10.2. The lowest BCUT2D eigenvalue weighted by Gasteiger charge is -2.11. The standard InChI is InChI=1S/C32H19ClN2S/c33-27-19-18-25(23-10-4-5-11-24(23)27)32-34-29(31-30(35-32)26-12-6-7-13-28(26)36-31)22-16-14-21(15-17-22)20-8-2-1-3-9-20/h1-19H. The molecule has 4 heteroatoms. The largest absolute Gasteiger partial charge is 0.226 e. The Bertz CT molecular complexity index is 1890. The molecule has 5 aromatic carbocycles. The summed E-state index contributed by atoms with van der Waals surface area (Å²) in [6.45, 7) is 0. The smallest absolute Gasteiger partial charge is 0.161 e. The first-order chi connectivity index (χ1) is 17.8. The topological polar surface area (TPSA) is 25.8 Å². The molecule has 2 heterocycles. The number of thiophene rings is 1. The van der Waals surface area contributed by atoms with Gasteiger partial charge in [0.1, 0.15) is 0 Å². The van der Waals surface area contributed by atoms with E-state index in [0.29, 0.717) is 5.82 Å². The van der Waals surface area contributed by atoms with Crippen LogP contribution in [0.3, 0.4) is 0 Å². The molecule has 0 bridgehead atoms. The lowest BCUT2D eigenvalue weighted by atomic mass is 10.0.